The van der Waals surface area contributed by atoms with Crippen LogP contribution >= 0.6 is 0 Å². The molecular formula is C19H25N3O. The fraction of sp³-hybridized carbons (Fsp3) is 0.421. The van der Waals surface area contributed by atoms with Crippen LogP contribution in [0.5, 0.6) is 0 Å². The minimum Gasteiger partial charge on any atom is -0.326 e. The average molecular weight is 311 g/mol. The number of anilines is 1. The third kappa shape index (κ3) is 2.52. The summed E-state index contributed by atoms with van der Waals surface area (Å²) in [6.45, 7) is 2.08. The van der Waals surface area contributed by atoms with Crippen molar-refractivity contribution in [3.63, 3.8) is 0 Å². The molecule has 4 rings (SSSR count). The summed E-state index contributed by atoms with van der Waals surface area (Å²) in [6.07, 6.45) is 11.7. The quantitative estimate of drug-likeness (QED) is 0.794. The Morgan fingerprint density at radius 1 is 1.35 bits per heavy atom. The van der Waals surface area contributed by atoms with E-state index in [9.17, 15) is 4.79 Å². The summed E-state index contributed by atoms with van der Waals surface area (Å²) >= 11 is 0. The highest BCUT2D eigenvalue weighted by molar-refractivity contribution is 5.98. The molecule has 0 spiro atoms. The van der Waals surface area contributed by atoms with Crippen molar-refractivity contribution >= 4 is 17.3 Å². The minimum atomic E-state index is -0.0596. The van der Waals surface area contributed by atoms with Crippen molar-refractivity contribution in [3.8, 4) is 0 Å². The van der Waals surface area contributed by atoms with E-state index in [1.54, 1.807) is 0 Å². The van der Waals surface area contributed by atoms with Crippen molar-refractivity contribution in [2.45, 2.75) is 39.0 Å². The molecule has 0 aromatic heterocycles. The number of rotatable bonds is 4. The highest BCUT2D eigenvalue weighted by Gasteiger charge is 2.56. The lowest BCUT2D eigenvalue weighted by Gasteiger charge is -2.33. The van der Waals surface area contributed by atoms with Crippen molar-refractivity contribution < 1.29 is 6.22 Å². The Morgan fingerprint density at radius 3 is 2.78 bits per heavy atom. The van der Waals surface area contributed by atoms with Gasteiger partial charge in [-0.2, -0.15) is 0 Å². The Balaban J connectivity index is 0.00000169. The van der Waals surface area contributed by atoms with Gasteiger partial charge in [0.25, 0.3) is 0 Å². The molecule has 2 fully saturated rings. The topological polar surface area (TPSA) is 53.2 Å². The van der Waals surface area contributed by atoms with E-state index in [0.29, 0.717) is 5.92 Å². The zero-order chi connectivity index (χ0) is 15.9. The normalized spacial score (nSPS) is 21.5. The molecule has 4 nitrogen and oxygen atoms in total. The van der Waals surface area contributed by atoms with E-state index < -0.39 is 0 Å². The molecule has 1 aromatic rings. The van der Waals surface area contributed by atoms with Crippen LogP contribution < -0.4 is 16.2 Å². The molecule has 1 amide bonds. The largest absolute Gasteiger partial charge is 0.326 e. The van der Waals surface area contributed by atoms with E-state index in [4.69, 9.17) is 0 Å². The van der Waals surface area contributed by atoms with Gasteiger partial charge in [0.05, 0.1) is 11.1 Å². The van der Waals surface area contributed by atoms with Crippen molar-refractivity contribution in [2.24, 2.45) is 11.3 Å². The van der Waals surface area contributed by atoms with Crippen LogP contribution in [0.15, 0.2) is 36.6 Å². The molecule has 3 aliphatic rings. The molecule has 3 N–H and O–H groups in total. The predicted molar refractivity (Wildman–Crippen MR) is 94.3 cm³/mol. The van der Waals surface area contributed by atoms with Crippen LogP contribution in [0.4, 0.5) is 5.69 Å². The van der Waals surface area contributed by atoms with Crippen LogP contribution in [-0.2, 0) is 4.79 Å². The molecule has 1 aromatic carbocycles. The van der Waals surface area contributed by atoms with Crippen molar-refractivity contribution in [1.29, 1.82) is 0 Å². The number of amides is 1. The monoisotopic (exact) mass is 311 g/mol. The van der Waals surface area contributed by atoms with Gasteiger partial charge in [-0.15, -0.1) is 0 Å². The summed E-state index contributed by atoms with van der Waals surface area (Å²) in [7, 11) is 0. The van der Waals surface area contributed by atoms with Gasteiger partial charge in [-0.25, -0.2) is 0 Å². The van der Waals surface area contributed by atoms with Crippen LogP contribution in [0.25, 0.3) is 5.70 Å². The number of hydrogen-bond acceptors (Lipinski definition) is 3. The van der Waals surface area contributed by atoms with Gasteiger partial charge < -0.3 is 16.2 Å². The number of hydrazine groups is 1. The van der Waals surface area contributed by atoms with E-state index in [-0.39, 0.29) is 12.7 Å². The molecule has 23 heavy (non-hydrogen) atoms. The van der Waals surface area contributed by atoms with Crippen molar-refractivity contribution in [3.05, 3.63) is 47.7 Å². The molecular weight excluding hydrogens is 286 g/mol. The number of benzene rings is 1. The van der Waals surface area contributed by atoms with E-state index in [1.165, 1.54) is 24.8 Å². The molecule has 0 saturated heterocycles. The highest BCUT2D eigenvalue weighted by atomic mass is 16.2. The van der Waals surface area contributed by atoms with Gasteiger partial charge >= 0.3 is 0 Å². The first-order valence-corrected chi connectivity index (χ1v) is 8.50. The molecule has 2 aliphatic carbocycles. The zero-order valence-corrected chi connectivity index (χ0v) is 13.5. The number of hydrogen-bond donors (Lipinski definition) is 3. The van der Waals surface area contributed by atoms with E-state index in [2.05, 4.69) is 35.2 Å². The molecule has 0 unspecified atom stereocenters. The lowest BCUT2D eigenvalue weighted by Crippen LogP contribution is -2.34. The second-order valence-corrected chi connectivity index (χ2v) is 6.98. The molecule has 2 saturated carbocycles. The molecule has 4 heteroatoms. The van der Waals surface area contributed by atoms with E-state index in [1.807, 2.05) is 24.4 Å². The third-order valence-corrected chi connectivity index (χ3v) is 5.56. The maximum Gasteiger partial charge on any atom is 0.230 e. The second kappa shape index (κ2) is 5.44. The molecule has 122 valence electrons. The van der Waals surface area contributed by atoms with Gasteiger partial charge in [0.15, 0.2) is 0 Å². The summed E-state index contributed by atoms with van der Waals surface area (Å²) in [5.74, 6) is 0.838. The Kier molecular flexibility index (Phi) is 3.40. The molecule has 1 heterocycles. The second-order valence-electron chi connectivity index (χ2n) is 6.98. The number of allylic oxidation sites excluding steroid dienone is 2. The first-order chi connectivity index (χ1) is 11.2. The van der Waals surface area contributed by atoms with Gasteiger partial charge in [-0.1, -0.05) is 12.5 Å². The minimum absolute atomic E-state index is 0. The van der Waals surface area contributed by atoms with Crippen LogP contribution in [0, 0.1) is 18.3 Å². The Bertz CT molecular complexity index is 703. The number of aryl methyl sites for hydroxylation is 1. The van der Waals surface area contributed by atoms with Gasteiger partial charge in [-0.3, -0.25) is 4.79 Å². The Labute approximate surface area is 138 Å². The molecule has 0 radical (unpaired) electrons. The van der Waals surface area contributed by atoms with E-state index in [0.717, 1.165) is 29.8 Å². The summed E-state index contributed by atoms with van der Waals surface area (Å²) in [4.78, 5) is 12.7. The maximum absolute atomic E-state index is 12.7. The standard InChI is InChI=1S/C19H23N3O.H2/c1-13-7-8-15(12-16(13)17-6-3-11-20-22-17)21-18(23)19(9-10-19)14-4-2-5-14;/h3,6-8,11-12,14,20,22H,2,4-5,9-10H2,1H3,(H,21,23);1H. The highest BCUT2D eigenvalue weighted by Crippen LogP contribution is 2.59. The van der Waals surface area contributed by atoms with Crippen LogP contribution in [-0.4, -0.2) is 5.91 Å². The summed E-state index contributed by atoms with van der Waals surface area (Å²) in [5, 5.41) is 3.17. The van der Waals surface area contributed by atoms with Crippen molar-refractivity contribution in [2.75, 3.05) is 5.32 Å². The lowest BCUT2D eigenvalue weighted by molar-refractivity contribution is -0.124. The fourth-order valence-electron chi connectivity index (χ4n) is 3.67. The molecule has 0 atom stereocenters. The van der Waals surface area contributed by atoms with Gasteiger partial charge in [-0.05, 0) is 68.4 Å². The zero-order valence-electron chi connectivity index (χ0n) is 13.5. The smallest absolute Gasteiger partial charge is 0.230 e. The van der Waals surface area contributed by atoms with Crippen LogP contribution in [0.1, 0.15) is 44.7 Å². The van der Waals surface area contributed by atoms with Gasteiger partial charge in [0.2, 0.25) is 5.91 Å². The fourth-order valence-corrected chi connectivity index (χ4v) is 3.67. The van der Waals surface area contributed by atoms with Gasteiger partial charge in [0, 0.05) is 18.9 Å². The Hall–Kier alpha value is -2.23. The van der Waals surface area contributed by atoms with Crippen LogP contribution in [0.2, 0.25) is 0 Å². The molecule has 0 bridgehead atoms. The predicted octanol–water partition coefficient (Wildman–Crippen LogP) is 3.72. The van der Waals surface area contributed by atoms with Crippen LogP contribution in [0.3, 0.4) is 0 Å². The van der Waals surface area contributed by atoms with E-state index >= 15 is 0 Å². The first-order valence-electron chi connectivity index (χ1n) is 8.50. The van der Waals surface area contributed by atoms with Gasteiger partial charge in [0.1, 0.15) is 0 Å². The Morgan fingerprint density at radius 2 is 2.17 bits per heavy atom. The summed E-state index contributed by atoms with van der Waals surface area (Å²) < 4.78 is 0. The lowest BCUT2D eigenvalue weighted by atomic mass is 9.73. The summed E-state index contributed by atoms with van der Waals surface area (Å²) in [6, 6.07) is 6.12. The molecule has 1 aliphatic heterocycles. The first kappa shape index (κ1) is 14.4. The van der Waals surface area contributed by atoms with Crippen molar-refractivity contribution in [1.82, 2.24) is 10.9 Å². The maximum atomic E-state index is 12.7. The number of carbonyl (C=O) groups excluding carboxylic acids is 1. The SMILES string of the molecule is Cc1ccc(NC(=O)C2(C3CCC3)CC2)cc1C1=CC=CNN1.[HH]. The third-order valence-electron chi connectivity index (χ3n) is 5.56. The number of nitrogens with one attached hydrogen (secondary N) is 3. The average Bonchev–Trinajstić information content (AvgIpc) is 3.30. The number of carbonyl (C=O) groups is 1. The summed E-state index contributed by atoms with van der Waals surface area (Å²) in [5.41, 5.74) is 10.3.